The van der Waals surface area contributed by atoms with Crippen LogP contribution in [0.1, 0.15) is 27.7 Å². The van der Waals surface area contributed by atoms with Gasteiger partial charge in [-0.2, -0.15) is 0 Å². The van der Waals surface area contributed by atoms with Crippen molar-refractivity contribution in [2.45, 2.75) is 27.7 Å². The number of ether oxygens (including phenoxy) is 4. The standard InChI is InChI=1S/C14H22O6/c1-5-17-13(18-6-2)9-11(15)12(16)10-14(19-7-3)20-8-4/h9-10H,5-8H2,1-4H3. The molecule has 20 heavy (non-hydrogen) atoms. The molecule has 0 aliphatic carbocycles. The zero-order valence-corrected chi connectivity index (χ0v) is 12.4. The van der Waals surface area contributed by atoms with Gasteiger partial charge in [0.25, 0.3) is 11.9 Å². The normalized spacial score (nSPS) is 9.20. The van der Waals surface area contributed by atoms with Gasteiger partial charge in [0.05, 0.1) is 38.6 Å². The van der Waals surface area contributed by atoms with Gasteiger partial charge in [-0.05, 0) is 27.7 Å². The van der Waals surface area contributed by atoms with Crippen LogP contribution in [0.15, 0.2) is 24.0 Å². The van der Waals surface area contributed by atoms with Gasteiger partial charge < -0.3 is 18.9 Å². The van der Waals surface area contributed by atoms with Crippen LogP contribution in [0.25, 0.3) is 0 Å². The van der Waals surface area contributed by atoms with Gasteiger partial charge in [0.15, 0.2) is 0 Å². The third-order valence-corrected chi connectivity index (χ3v) is 1.89. The maximum absolute atomic E-state index is 11.7. The van der Waals surface area contributed by atoms with E-state index in [4.69, 9.17) is 18.9 Å². The summed E-state index contributed by atoms with van der Waals surface area (Å²) >= 11 is 0. The maximum atomic E-state index is 11.7. The third kappa shape index (κ3) is 7.45. The van der Waals surface area contributed by atoms with E-state index in [2.05, 4.69) is 0 Å². The Morgan fingerprint density at radius 3 is 1.10 bits per heavy atom. The van der Waals surface area contributed by atoms with Crippen LogP contribution in [0.2, 0.25) is 0 Å². The summed E-state index contributed by atoms with van der Waals surface area (Å²) in [6, 6.07) is 0. The molecule has 0 atom stereocenters. The van der Waals surface area contributed by atoms with Gasteiger partial charge >= 0.3 is 0 Å². The van der Waals surface area contributed by atoms with Crippen LogP contribution in [0, 0.1) is 0 Å². The topological polar surface area (TPSA) is 71.1 Å². The van der Waals surface area contributed by atoms with E-state index in [9.17, 15) is 9.59 Å². The minimum Gasteiger partial charge on any atom is -0.466 e. The van der Waals surface area contributed by atoms with Gasteiger partial charge in [0.1, 0.15) is 0 Å². The van der Waals surface area contributed by atoms with Crippen LogP contribution in [0.4, 0.5) is 0 Å². The summed E-state index contributed by atoms with van der Waals surface area (Å²) in [5.74, 6) is -1.48. The van der Waals surface area contributed by atoms with Crippen molar-refractivity contribution >= 4 is 11.6 Å². The van der Waals surface area contributed by atoms with Crippen molar-refractivity contribution in [3.8, 4) is 0 Å². The summed E-state index contributed by atoms with van der Waals surface area (Å²) in [6.07, 6.45) is 2.03. The monoisotopic (exact) mass is 286 g/mol. The van der Waals surface area contributed by atoms with Crippen LogP contribution < -0.4 is 0 Å². The smallest absolute Gasteiger partial charge is 0.283 e. The molecule has 0 unspecified atom stereocenters. The molecule has 0 fully saturated rings. The SMILES string of the molecule is CCOC(=CC(=O)C(=O)C=C(OCC)OCC)OCC. The molecular weight excluding hydrogens is 264 g/mol. The molecule has 0 aromatic rings. The van der Waals surface area contributed by atoms with Gasteiger partial charge in [0.2, 0.25) is 11.6 Å². The molecule has 6 nitrogen and oxygen atoms in total. The van der Waals surface area contributed by atoms with E-state index in [-0.39, 0.29) is 11.9 Å². The lowest BCUT2D eigenvalue weighted by Gasteiger charge is -2.08. The molecule has 0 bridgehead atoms. The molecule has 0 amide bonds. The summed E-state index contributed by atoms with van der Waals surface area (Å²) in [6.45, 7) is 8.36. The summed E-state index contributed by atoms with van der Waals surface area (Å²) in [5, 5.41) is 0. The predicted octanol–water partition coefficient (Wildman–Crippen LogP) is 1.95. The Morgan fingerprint density at radius 2 is 0.900 bits per heavy atom. The van der Waals surface area contributed by atoms with Crippen molar-refractivity contribution in [1.29, 1.82) is 0 Å². The molecule has 0 heterocycles. The molecule has 0 spiro atoms. The molecule has 0 aromatic carbocycles. The van der Waals surface area contributed by atoms with Crippen molar-refractivity contribution < 1.29 is 28.5 Å². The maximum Gasteiger partial charge on any atom is 0.283 e. The molecule has 0 N–H and O–H groups in total. The Kier molecular flexibility index (Phi) is 9.82. The number of carbonyl (C=O) groups is 2. The zero-order valence-electron chi connectivity index (χ0n) is 12.4. The Morgan fingerprint density at radius 1 is 0.650 bits per heavy atom. The number of allylic oxidation sites excluding steroid dienone is 2. The first-order valence-electron chi connectivity index (χ1n) is 6.61. The minimum atomic E-state index is -0.765. The van der Waals surface area contributed by atoms with Crippen LogP contribution in [-0.4, -0.2) is 38.0 Å². The molecule has 0 saturated carbocycles. The first kappa shape index (κ1) is 18.0. The predicted molar refractivity (Wildman–Crippen MR) is 72.7 cm³/mol. The molecule has 0 rings (SSSR count). The summed E-state index contributed by atoms with van der Waals surface area (Å²) in [4.78, 5) is 23.4. The van der Waals surface area contributed by atoms with Crippen molar-refractivity contribution in [2.24, 2.45) is 0 Å². The Bertz CT molecular complexity index is 318. The van der Waals surface area contributed by atoms with E-state index in [1.807, 2.05) is 0 Å². The first-order valence-corrected chi connectivity index (χ1v) is 6.61. The second kappa shape index (κ2) is 10.9. The number of hydrogen-bond donors (Lipinski definition) is 0. The highest BCUT2D eigenvalue weighted by atomic mass is 16.7. The van der Waals surface area contributed by atoms with Crippen molar-refractivity contribution in [3.05, 3.63) is 24.0 Å². The summed E-state index contributed by atoms with van der Waals surface area (Å²) in [7, 11) is 0. The van der Waals surface area contributed by atoms with E-state index in [0.29, 0.717) is 26.4 Å². The molecule has 0 aliphatic heterocycles. The zero-order chi connectivity index (χ0) is 15.4. The van der Waals surface area contributed by atoms with Crippen LogP contribution in [0.3, 0.4) is 0 Å². The summed E-state index contributed by atoms with van der Waals surface area (Å²) in [5.41, 5.74) is 0. The van der Waals surface area contributed by atoms with E-state index < -0.39 is 11.6 Å². The van der Waals surface area contributed by atoms with Gasteiger partial charge in [0, 0.05) is 0 Å². The lowest BCUT2D eigenvalue weighted by atomic mass is 10.2. The second-order valence-electron chi connectivity index (χ2n) is 3.39. The molecule has 0 saturated heterocycles. The molecule has 6 heteroatoms. The highest BCUT2D eigenvalue weighted by molar-refractivity contribution is 6.45. The largest absolute Gasteiger partial charge is 0.466 e. The average molecular weight is 286 g/mol. The fourth-order valence-electron chi connectivity index (χ4n) is 1.18. The van der Waals surface area contributed by atoms with Gasteiger partial charge in [-0.15, -0.1) is 0 Å². The van der Waals surface area contributed by atoms with Crippen molar-refractivity contribution in [3.63, 3.8) is 0 Å². The number of carbonyl (C=O) groups excluding carboxylic acids is 2. The second-order valence-corrected chi connectivity index (χ2v) is 3.39. The summed E-state index contributed by atoms with van der Waals surface area (Å²) < 4.78 is 20.3. The highest BCUT2D eigenvalue weighted by Gasteiger charge is 2.14. The molecule has 0 radical (unpaired) electrons. The number of ketones is 2. The third-order valence-electron chi connectivity index (χ3n) is 1.89. The minimum absolute atomic E-state index is 0.0242. The quantitative estimate of drug-likeness (QED) is 0.328. The molecule has 114 valence electrons. The van der Waals surface area contributed by atoms with Crippen LogP contribution in [0.5, 0.6) is 0 Å². The van der Waals surface area contributed by atoms with E-state index in [1.165, 1.54) is 0 Å². The number of rotatable bonds is 11. The van der Waals surface area contributed by atoms with Crippen molar-refractivity contribution in [2.75, 3.05) is 26.4 Å². The lowest BCUT2D eigenvalue weighted by molar-refractivity contribution is -0.131. The van der Waals surface area contributed by atoms with E-state index in [1.54, 1.807) is 27.7 Å². The molecule has 0 aromatic heterocycles. The molecule has 0 aliphatic rings. The average Bonchev–Trinajstić information content (AvgIpc) is 2.39. The Labute approximate surface area is 119 Å². The first-order chi connectivity index (χ1) is 9.58. The van der Waals surface area contributed by atoms with Crippen LogP contribution in [-0.2, 0) is 28.5 Å². The lowest BCUT2D eigenvalue weighted by Crippen LogP contribution is -2.12. The van der Waals surface area contributed by atoms with Crippen LogP contribution >= 0.6 is 0 Å². The number of hydrogen-bond acceptors (Lipinski definition) is 6. The van der Waals surface area contributed by atoms with Crippen molar-refractivity contribution in [1.82, 2.24) is 0 Å². The van der Waals surface area contributed by atoms with Gasteiger partial charge in [-0.1, -0.05) is 0 Å². The van der Waals surface area contributed by atoms with Gasteiger partial charge in [-0.25, -0.2) is 0 Å². The van der Waals surface area contributed by atoms with Gasteiger partial charge in [-0.3, -0.25) is 9.59 Å². The Balaban J connectivity index is 4.84. The fraction of sp³-hybridized carbons (Fsp3) is 0.571. The highest BCUT2D eigenvalue weighted by Crippen LogP contribution is 2.04. The van der Waals surface area contributed by atoms with E-state index in [0.717, 1.165) is 12.2 Å². The fourth-order valence-corrected chi connectivity index (χ4v) is 1.18. The van der Waals surface area contributed by atoms with E-state index >= 15 is 0 Å². The molecular formula is C14H22O6. The Hall–Kier alpha value is -1.98.